The van der Waals surface area contributed by atoms with Crippen LogP contribution in [-0.4, -0.2) is 14.5 Å². The van der Waals surface area contributed by atoms with Crippen molar-refractivity contribution >= 4 is 5.82 Å². The van der Waals surface area contributed by atoms with Gasteiger partial charge in [-0.05, 0) is 37.8 Å². The summed E-state index contributed by atoms with van der Waals surface area (Å²) in [7, 11) is 0. The minimum absolute atomic E-state index is 0.611. The summed E-state index contributed by atoms with van der Waals surface area (Å²) in [4.78, 5) is 9.02. The van der Waals surface area contributed by atoms with Gasteiger partial charge in [0.15, 0.2) is 0 Å². The first kappa shape index (κ1) is 12.2. The lowest BCUT2D eigenvalue weighted by molar-refractivity contribution is 0.646. The molecule has 0 radical (unpaired) electrons. The molecular formula is C15H20N4. The first-order valence-electron chi connectivity index (χ1n) is 6.99. The normalized spacial score (nSPS) is 14.8. The molecule has 1 aliphatic carbocycles. The Morgan fingerprint density at radius 2 is 2.21 bits per heavy atom. The van der Waals surface area contributed by atoms with Crippen LogP contribution >= 0.6 is 0 Å². The largest absolute Gasteiger partial charge is 0.383 e. The van der Waals surface area contributed by atoms with Gasteiger partial charge in [-0.15, -0.1) is 0 Å². The number of anilines is 1. The van der Waals surface area contributed by atoms with E-state index in [0.717, 1.165) is 35.9 Å². The van der Waals surface area contributed by atoms with Crippen molar-refractivity contribution in [3.05, 3.63) is 29.8 Å². The molecule has 0 unspecified atom stereocenters. The number of imidazole rings is 1. The van der Waals surface area contributed by atoms with E-state index < -0.39 is 0 Å². The van der Waals surface area contributed by atoms with Crippen molar-refractivity contribution in [2.45, 2.75) is 45.6 Å². The highest BCUT2D eigenvalue weighted by Crippen LogP contribution is 2.42. The van der Waals surface area contributed by atoms with Crippen molar-refractivity contribution in [3.63, 3.8) is 0 Å². The molecule has 2 aromatic rings. The van der Waals surface area contributed by atoms with Gasteiger partial charge in [0.1, 0.15) is 17.3 Å². The number of rotatable bonds is 4. The third kappa shape index (κ3) is 2.11. The maximum absolute atomic E-state index is 6.33. The van der Waals surface area contributed by atoms with Crippen LogP contribution in [0.25, 0.3) is 11.3 Å². The Morgan fingerprint density at radius 1 is 1.42 bits per heavy atom. The maximum Gasteiger partial charge on any atom is 0.131 e. The zero-order valence-electron chi connectivity index (χ0n) is 11.6. The summed E-state index contributed by atoms with van der Waals surface area (Å²) in [6.45, 7) is 5.20. The van der Waals surface area contributed by atoms with Gasteiger partial charge in [-0.3, -0.25) is 4.98 Å². The summed E-state index contributed by atoms with van der Waals surface area (Å²) >= 11 is 0. The van der Waals surface area contributed by atoms with Crippen molar-refractivity contribution in [1.82, 2.24) is 14.5 Å². The van der Waals surface area contributed by atoms with E-state index in [2.05, 4.69) is 23.4 Å². The molecule has 2 heterocycles. The van der Waals surface area contributed by atoms with Crippen molar-refractivity contribution in [2.24, 2.45) is 0 Å². The molecule has 0 saturated heterocycles. The van der Waals surface area contributed by atoms with E-state index >= 15 is 0 Å². The van der Waals surface area contributed by atoms with E-state index in [-0.39, 0.29) is 0 Å². The summed E-state index contributed by atoms with van der Waals surface area (Å²) in [6.07, 6.45) is 7.23. The van der Waals surface area contributed by atoms with E-state index in [0.29, 0.717) is 5.92 Å². The lowest BCUT2D eigenvalue weighted by Crippen LogP contribution is -2.06. The number of hydrogen-bond donors (Lipinski definition) is 1. The SMILES string of the molecule is CCCn1c(C2CC2)nc(-c2cnccc2C)c1N. The minimum atomic E-state index is 0.611. The number of nitrogens with zero attached hydrogens (tertiary/aromatic N) is 3. The van der Waals surface area contributed by atoms with Gasteiger partial charge in [-0.25, -0.2) is 4.98 Å². The number of aryl methyl sites for hydroxylation is 1. The monoisotopic (exact) mass is 256 g/mol. The van der Waals surface area contributed by atoms with Crippen LogP contribution in [0.1, 0.15) is 43.5 Å². The Labute approximate surface area is 113 Å². The Kier molecular flexibility index (Phi) is 3.01. The molecule has 1 fully saturated rings. The summed E-state index contributed by atoms with van der Waals surface area (Å²) < 4.78 is 2.19. The van der Waals surface area contributed by atoms with Crippen LogP contribution in [0, 0.1) is 6.92 Å². The summed E-state index contributed by atoms with van der Waals surface area (Å²) in [5.74, 6) is 2.57. The average molecular weight is 256 g/mol. The summed E-state index contributed by atoms with van der Waals surface area (Å²) in [5, 5.41) is 0. The first-order chi connectivity index (χ1) is 9.22. The molecule has 100 valence electrons. The third-order valence-electron chi connectivity index (χ3n) is 3.72. The molecule has 4 nitrogen and oxygen atoms in total. The topological polar surface area (TPSA) is 56.7 Å². The molecule has 1 aliphatic rings. The van der Waals surface area contributed by atoms with Crippen LogP contribution in [0.3, 0.4) is 0 Å². The summed E-state index contributed by atoms with van der Waals surface area (Å²) in [6, 6.07) is 2.00. The third-order valence-corrected chi connectivity index (χ3v) is 3.72. The van der Waals surface area contributed by atoms with Crippen molar-refractivity contribution in [1.29, 1.82) is 0 Å². The lowest BCUT2D eigenvalue weighted by Gasteiger charge is -2.07. The van der Waals surface area contributed by atoms with Gasteiger partial charge in [0.05, 0.1) is 0 Å². The lowest BCUT2D eigenvalue weighted by atomic mass is 10.1. The van der Waals surface area contributed by atoms with Crippen LogP contribution in [0.2, 0.25) is 0 Å². The Morgan fingerprint density at radius 3 is 2.84 bits per heavy atom. The van der Waals surface area contributed by atoms with Crippen molar-refractivity contribution in [3.8, 4) is 11.3 Å². The molecule has 0 amide bonds. The van der Waals surface area contributed by atoms with Gasteiger partial charge in [-0.2, -0.15) is 0 Å². The highest BCUT2D eigenvalue weighted by molar-refractivity contribution is 5.73. The predicted molar refractivity (Wildman–Crippen MR) is 76.9 cm³/mol. The van der Waals surface area contributed by atoms with Crippen LogP contribution in [0.5, 0.6) is 0 Å². The molecule has 0 aliphatic heterocycles. The van der Waals surface area contributed by atoms with Crippen LogP contribution < -0.4 is 5.73 Å². The molecule has 0 spiro atoms. The quantitative estimate of drug-likeness (QED) is 0.914. The number of nitrogens with two attached hydrogens (primary N) is 1. The van der Waals surface area contributed by atoms with Crippen LogP contribution in [-0.2, 0) is 6.54 Å². The fraction of sp³-hybridized carbons (Fsp3) is 0.467. The minimum Gasteiger partial charge on any atom is -0.383 e. The zero-order chi connectivity index (χ0) is 13.4. The fourth-order valence-corrected chi connectivity index (χ4v) is 2.51. The van der Waals surface area contributed by atoms with Gasteiger partial charge in [-0.1, -0.05) is 6.92 Å². The standard InChI is InChI=1S/C15H20N4/c1-3-8-19-14(16)13(18-15(19)11-4-5-11)12-9-17-7-6-10(12)2/h6-7,9,11H,3-5,8,16H2,1-2H3. The molecule has 1 saturated carbocycles. The van der Waals surface area contributed by atoms with E-state index in [1.54, 1.807) is 6.20 Å². The second kappa shape index (κ2) is 4.68. The highest BCUT2D eigenvalue weighted by Gasteiger charge is 2.31. The zero-order valence-corrected chi connectivity index (χ0v) is 11.6. The van der Waals surface area contributed by atoms with Gasteiger partial charge < -0.3 is 10.3 Å². The molecule has 2 aromatic heterocycles. The van der Waals surface area contributed by atoms with Gasteiger partial charge in [0.25, 0.3) is 0 Å². The van der Waals surface area contributed by atoms with Gasteiger partial charge in [0.2, 0.25) is 0 Å². The second-order valence-electron chi connectivity index (χ2n) is 5.32. The summed E-state index contributed by atoms with van der Waals surface area (Å²) in [5.41, 5.74) is 9.46. The molecule has 0 aromatic carbocycles. The predicted octanol–water partition coefficient (Wildman–Crippen LogP) is 3.12. The van der Waals surface area contributed by atoms with Crippen molar-refractivity contribution in [2.75, 3.05) is 5.73 Å². The average Bonchev–Trinajstić information content (AvgIpc) is 3.19. The fourth-order valence-electron chi connectivity index (χ4n) is 2.51. The van der Waals surface area contributed by atoms with E-state index in [1.165, 1.54) is 18.4 Å². The van der Waals surface area contributed by atoms with E-state index in [9.17, 15) is 0 Å². The Hall–Kier alpha value is -1.84. The second-order valence-corrected chi connectivity index (χ2v) is 5.32. The van der Waals surface area contributed by atoms with Crippen molar-refractivity contribution < 1.29 is 0 Å². The number of hydrogen-bond acceptors (Lipinski definition) is 3. The molecule has 2 N–H and O–H groups in total. The molecular weight excluding hydrogens is 236 g/mol. The number of nitrogen functional groups attached to an aromatic ring is 1. The Balaban J connectivity index is 2.12. The van der Waals surface area contributed by atoms with E-state index in [4.69, 9.17) is 10.7 Å². The highest BCUT2D eigenvalue weighted by atomic mass is 15.1. The first-order valence-corrected chi connectivity index (χ1v) is 6.99. The Bertz CT molecular complexity index is 596. The van der Waals surface area contributed by atoms with E-state index in [1.807, 2.05) is 12.3 Å². The molecule has 0 bridgehead atoms. The van der Waals surface area contributed by atoms with Crippen LogP contribution in [0.15, 0.2) is 18.5 Å². The molecule has 3 rings (SSSR count). The van der Waals surface area contributed by atoms with Gasteiger partial charge >= 0.3 is 0 Å². The maximum atomic E-state index is 6.33. The number of aromatic nitrogens is 3. The number of pyridine rings is 1. The molecule has 19 heavy (non-hydrogen) atoms. The molecule has 0 atom stereocenters. The van der Waals surface area contributed by atoms with Gasteiger partial charge in [0, 0.05) is 30.4 Å². The molecule has 4 heteroatoms. The smallest absolute Gasteiger partial charge is 0.131 e. The van der Waals surface area contributed by atoms with Crippen LogP contribution in [0.4, 0.5) is 5.82 Å².